The van der Waals surface area contributed by atoms with Gasteiger partial charge in [-0.1, -0.05) is 47.1 Å². The number of carbonyl (C=O) groups is 2. The summed E-state index contributed by atoms with van der Waals surface area (Å²) in [5, 5.41) is 2.83. The molecule has 1 N–H and O–H groups in total. The number of anilines is 1. The van der Waals surface area contributed by atoms with Crippen molar-refractivity contribution in [1.82, 2.24) is 10.2 Å². The van der Waals surface area contributed by atoms with Crippen LogP contribution in [0.3, 0.4) is 0 Å². The lowest BCUT2D eigenvalue weighted by Crippen LogP contribution is -2.51. The van der Waals surface area contributed by atoms with Crippen LogP contribution in [0.15, 0.2) is 82.2 Å². The maximum Gasteiger partial charge on any atom is 0.264 e. The van der Waals surface area contributed by atoms with Gasteiger partial charge in [-0.2, -0.15) is 0 Å². The van der Waals surface area contributed by atoms with Gasteiger partial charge >= 0.3 is 0 Å². The number of benzene rings is 3. The molecule has 3 rings (SSSR count). The first-order valence-corrected chi connectivity index (χ1v) is 15.0. The third kappa shape index (κ3) is 7.54. The minimum atomic E-state index is -4.24. The number of ether oxygens (including phenoxy) is 2. The Kier molecular flexibility index (Phi) is 11.0. The van der Waals surface area contributed by atoms with Gasteiger partial charge in [0, 0.05) is 17.6 Å². The van der Waals surface area contributed by atoms with E-state index in [0.29, 0.717) is 12.3 Å². The van der Waals surface area contributed by atoms with E-state index in [4.69, 9.17) is 9.47 Å². The second-order valence-electron chi connectivity index (χ2n) is 8.97. The molecule has 2 amide bonds. The molecular weight excluding hydrogens is 598 g/mol. The summed E-state index contributed by atoms with van der Waals surface area (Å²) in [6.07, 6.45) is 0.737. The molecule has 0 bridgehead atoms. The molecule has 0 saturated heterocycles. The Labute approximate surface area is 244 Å². The van der Waals surface area contributed by atoms with Crippen LogP contribution in [0.2, 0.25) is 0 Å². The Morgan fingerprint density at radius 3 is 2.20 bits per heavy atom. The molecule has 0 aliphatic heterocycles. The number of methoxy groups -OCH3 is 2. The first-order chi connectivity index (χ1) is 19.1. The third-order valence-electron chi connectivity index (χ3n) is 6.26. The first kappa shape index (κ1) is 31.0. The Bertz CT molecular complexity index is 1400. The van der Waals surface area contributed by atoms with Crippen molar-refractivity contribution in [3.8, 4) is 11.5 Å². The number of nitrogens with one attached hydrogen (secondary N) is 1. The van der Waals surface area contributed by atoms with Gasteiger partial charge in [0.25, 0.3) is 10.0 Å². The second kappa shape index (κ2) is 14.2. The van der Waals surface area contributed by atoms with Crippen LogP contribution in [-0.4, -0.2) is 58.5 Å². The number of carbonyl (C=O) groups excluding carboxylic acids is 2. The fourth-order valence-corrected chi connectivity index (χ4v) is 5.68. The fraction of sp³-hybridized carbons (Fsp3) is 0.310. The van der Waals surface area contributed by atoms with Crippen molar-refractivity contribution in [2.45, 2.75) is 37.8 Å². The predicted molar refractivity (Wildman–Crippen MR) is 158 cm³/mol. The Morgan fingerprint density at radius 2 is 1.60 bits per heavy atom. The topological polar surface area (TPSA) is 105 Å². The largest absolute Gasteiger partial charge is 0.497 e. The molecule has 0 fully saturated rings. The second-order valence-corrected chi connectivity index (χ2v) is 11.8. The highest BCUT2D eigenvalue weighted by atomic mass is 79.9. The lowest BCUT2D eigenvalue weighted by molar-refractivity contribution is -0.139. The SMILES string of the molecule is CCCNC(=O)[C@H](C)N(Cc1ccc(Br)cc1)C(=O)CN(c1ccccc1OC)S(=O)(=O)c1ccc(OC)cc1. The third-order valence-corrected chi connectivity index (χ3v) is 8.57. The molecule has 0 aliphatic rings. The highest BCUT2D eigenvalue weighted by molar-refractivity contribution is 9.10. The number of hydrogen-bond acceptors (Lipinski definition) is 6. The zero-order chi connectivity index (χ0) is 29.3. The molecule has 40 heavy (non-hydrogen) atoms. The molecule has 3 aromatic rings. The Hall–Kier alpha value is -3.57. The molecular formula is C29H34BrN3O6S. The van der Waals surface area contributed by atoms with E-state index in [1.54, 1.807) is 31.2 Å². The highest BCUT2D eigenvalue weighted by Crippen LogP contribution is 2.33. The van der Waals surface area contributed by atoms with E-state index in [9.17, 15) is 18.0 Å². The van der Waals surface area contributed by atoms with E-state index in [1.165, 1.54) is 43.4 Å². The monoisotopic (exact) mass is 631 g/mol. The van der Waals surface area contributed by atoms with Gasteiger partial charge in [-0.15, -0.1) is 0 Å². The number of para-hydroxylation sites is 2. The van der Waals surface area contributed by atoms with Crippen molar-refractivity contribution in [1.29, 1.82) is 0 Å². The van der Waals surface area contributed by atoms with Crippen molar-refractivity contribution < 1.29 is 27.5 Å². The number of nitrogens with zero attached hydrogens (tertiary/aromatic N) is 2. The summed E-state index contributed by atoms with van der Waals surface area (Å²) in [4.78, 5) is 28.3. The van der Waals surface area contributed by atoms with Crippen LogP contribution in [0.1, 0.15) is 25.8 Å². The number of amides is 2. The average Bonchev–Trinajstić information content (AvgIpc) is 2.97. The highest BCUT2D eigenvalue weighted by Gasteiger charge is 2.33. The lowest BCUT2D eigenvalue weighted by atomic mass is 10.1. The summed E-state index contributed by atoms with van der Waals surface area (Å²) in [5.74, 6) is -0.105. The quantitative estimate of drug-likeness (QED) is 0.295. The molecule has 0 aliphatic carbocycles. The molecule has 0 spiro atoms. The minimum absolute atomic E-state index is 0.0276. The van der Waals surface area contributed by atoms with Gasteiger partial charge in [0.2, 0.25) is 11.8 Å². The van der Waals surface area contributed by atoms with Gasteiger partial charge in [0.1, 0.15) is 24.1 Å². The molecule has 0 aromatic heterocycles. The van der Waals surface area contributed by atoms with Gasteiger partial charge in [-0.3, -0.25) is 13.9 Å². The fourth-order valence-electron chi connectivity index (χ4n) is 3.99. The number of hydrogen-bond donors (Lipinski definition) is 1. The van der Waals surface area contributed by atoms with Crippen molar-refractivity contribution in [2.24, 2.45) is 0 Å². The summed E-state index contributed by atoms with van der Waals surface area (Å²) in [6.45, 7) is 3.58. The van der Waals surface area contributed by atoms with Crippen LogP contribution in [0.5, 0.6) is 11.5 Å². The molecule has 214 valence electrons. The van der Waals surface area contributed by atoms with Crippen molar-refractivity contribution >= 4 is 43.5 Å². The van der Waals surface area contributed by atoms with E-state index < -0.39 is 28.5 Å². The molecule has 0 heterocycles. The van der Waals surface area contributed by atoms with Gasteiger partial charge in [0.05, 0.1) is 24.8 Å². The molecule has 0 unspecified atom stereocenters. The summed E-state index contributed by atoms with van der Waals surface area (Å²) in [7, 11) is -1.32. The Balaban J connectivity index is 2.05. The predicted octanol–water partition coefficient (Wildman–Crippen LogP) is 4.61. The molecule has 0 radical (unpaired) electrons. The van der Waals surface area contributed by atoms with E-state index in [1.807, 2.05) is 31.2 Å². The summed E-state index contributed by atoms with van der Waals surface area (Å²) in [5.41, 5.74) is 0.981. The van der Waals surface area contributed by atoms with Crippen LogP contribution >= 0.6 is 15.9 Å². The van der Waals surface area contributed by atoms with Gasteiger partial charge in [-0.25, -0.2) is 8.42 Å². The van der Waals surface area contributed by atoms with E-state index >= 15 is 0 Å². The summed E-state index contributed by atoms with van der Waals surface area (Å²) < 4.78 is 40.5. The number of sulfonamides is 1. The first-order valence-electron chi connectivity index (χ1n) is 12.7. The summed E-state index contributed by atoms with van der Waals surface area (Å²) in [6, 6.07) is 19.0. The van der Waals surface area contributed by atoms with E-state index in [0.717, 1.165) is 20.8 Å². The van der Waals surface area contributed by atoms with Crippen molar-refractivity contribution in [3.05, 3.63) is 82.8 Å². The molecule has 0 saturated carbocycles. The normalized spacial score (nSPS) is 11.8. The van der Waals surface area contributed by atoms with Gasteiger partial charge in [-0.05, 0) is 67.4 Å². The van der Waals surface area contributed by atoms with Crippen LogP contribution in [0.25, 0.3) is 0 Å². The maximum absolute atomic E-state index is 14.0. The number of halogens is 1. The zero-order valence-electron chi connectivity index (χ0n) is 23.0. The molecule has 9 nitrogen and oxygen atoms in total. The van der Waals surface area contributed by atoms with E-state index in [-0.39, 0.29) is 28.8 Å². The smallest absolute Gasteiger partial charge is 0.264 e. The minimum Gasteiger partial charge on any atom is -0.497 e. The standard InChI is InChI=1S/C29H34BrN3O6S/c1-5-18-31-29(35)21(2)32(19-22-10-12-23(30)13-11-22)28(34)20-33(26-8-6-7-9-27(26)39-4)40(36,37)25-16-14-24(38-3)15-17-25/h6-17,21H,5,18-20H2,1-4H3,(H,31,35)/t21-/m0/s1. The van der Waals surface area contributed by atoms with Crippen LogP contribution in [0.4, 0.5) is 5.69 Å². The molecule has 11 heteroatoms. The van der Waals surface area contributed by atoms with Crippen molar-refractivity contribution in [2.75, 3.05) is 31.6 Å². The van der Waals surface area contributed by atoms with Crippen LogP contribution < -0.4 is 19.1 Å². The van der Waals surface area contributed by atoms with E-state index in [2.05, 4.69) is 21.2 Å². The number of rotatable bonds is 13. The average molecular weight is 633 g/mol. The molecule has 3 aromatic carbocycles. The van der Waals surface area contributed by atoms with Crippen LogP contribution in [-0.2, 0) is 26.2 Å². The van der Waals surface area contributed by atoms with Gasteiger partial charge in [0.15, 0.2) is 0 Å². The zero-order valence-corrected chi connectivity index (χ0v) is 25.4. The maximum atomic E-state index is 14.0. The summed E-state index contributed by atoms with van der Waals surface area (Å²) >= 11 is 3.41. The molecule has 1 atom stereocenters. The van der Waals surface area contributed by atoms with Crippen LogP contribution in [0, 0.1) is 0 Å². The van der Waals surface area contributed by atoms with Gasteiger partial charge < -0.3 is 19.7 Å². The Morgan fingerprint density at radius 1 is 0.950 bits per heavy atom. The van der Waals surface area contributed by atoms with Crippen molar-refractivity contribution in [3.63, 3.8) is 0 Å². The lowest BCUT2D eigenvalue weighted by Gasteiger charge is -2.32.